The molecule has 0 amide bonds. The summed E-state index contributed by atoms with van der Waals surface area (Å²) in [5.41, 5.74) is 0.976. The first kappa shape index (κ1) is 12.8. The number of hydrogen-bond acceptors (Lipinski definition) is 2. The van der Waals surface area contributed by atoms with Gasteiger partial charge in [-0.2, -0.15) is 0 Å². The van der Waals surface area contributed by atoms with Gasteiger partial charge in [0.05, 0.1) is 0 Å². The van der Waals surface area contributed by atoms with Crippen LogP contribution in [0.4, 0.5) is 0 Å². The maximum atomic E-state index is 5.93. The third-order valence-electron chi connectivity index (χ3n) is 2.58. The molecule has 1 rings (SSSR count). The van der Waals surface area contributed by atoms with Crippen molar-refractivity contribution >= 4 is 23.2 Å². The molecule has 0 spiro atoms. The van der Waals surface area contributed by atoms with Gasteiger partial charge in [-0.3, -0.25) is 4.98 Å². The summed E-state index contributed by atoms with van der Waals surface area (Å²) in [6.07, 6.45) is 4.52. The van der Waals surface area contributed by atoms with Crippen LogP contribution in [0.1, 0.15) is 18.9 Å². The van der Waals surface area contributed by atoms with Gasteiger partial charge in [0.25, 0.3) is 0 Å². The molecule has 0 atom stereocenters. The van der Waals surface area contributed by atoms with Crippen molar-refractivity contribution in [2.45, 2.75) is 25.4 Å². The summed E-state index contributed by atoms with van der Waals surface area (Å²) < 4.78 is 0. The van der Waals surface area contributed by atoms with Gasteiger partial charge in [-0.25, -0.2) is 0 Å². The van der Waals surface area contributed by atoms with E-state index in [0.717, 1.165) is 18.5 Å². The summed E-state index contributed by atoms with van der Waals surface area (Å²) >= 11 is 11.9. The van der Waals surface area contributed by atoms with Crippen LogP contribution in [0.3, 0.4) is 0 Å². The molecular formula is C11H16Cl2N2. The van der Waals surface area contributed by atoms with Gasteiger partial charge in [0.1, 0.15) is 0 Å². The lowest BCUT2D eigenvalue weighted by Gasteiger charge is -2.29. The minimum atomic E-state index is -0.168. The first-order valence-electron chi connectivity index (χ1n) is 5.02. The third kappa shape index (κ3) is 3.63. The van der Waals surface area contributed by atoms with Gasteiger partial charge in [-0.1, -0.05) is 13.0 Å². The van der Waals surface area contributed by atoms with Crippen LogP contribution in [0.2, 0.25) is 0 Å². The second kappa shape index (κ2) is 6.31. The molecule has 0 bridgehead atoms. The minimum Gasteiger partial charge on any atom is -0.305 e. The summed E-state index contributed by atoms with van der Waals surface area (Å²) in [7, 11) is 0. The Morgan fingerprint density at radius 1 is 1.40 bits per heavy atom. The molecule has 15 heavy (non-hydrogen) atoms. The largest absolute Gasteiger partial charge is 0.305 e. The van der Waals surface area contributed by atoms with Crippen LogP contribution in [0, 0.1) is 0 Å². The van der Waals surface area contributed by atoms with Crippen molar-refractivity contribution in [3.05, 3.63) is 30.1 Å². The van der Waals surface area contributed by atoms with E-state index in [1.165, 1.54) is 0 Å². The molecule has 1 N–H and O–H groups in total. The number of rotatable bonds is 6. The van der Waals surface area contributed by atoms with Crippen molar-refractivity contribution in [1.82, 2.24) is 10.3 Å². The smallest absolute Gasteiger partial charge is 0.0453 e. The Morgan fingerprint density at radius 3 is 2.60 bits per heavy atom. The summed E-state index contributed by atoms with van der Waals surface area (Å²) in [6, 6.07) is 3.95. The standard InChI is InChI=1S/C11H16Cl2N2/c1-2-11(8-12,9-13)15-7-10-4-3-5-14-6-10/h3-6,15H,2,7-9H2,1H3. The highest BCUT2D eigenvalue weighted by Gasteiger charge is 2.25. The summed E-state index contributed by atoms with van der Waals surface area (Å²) in [6.45, 7) is 2.84. The van der Waals surface area contributed by atoms with Gasteiger partial charge in [0, 0.05) is 36.2 Å². The highest BCUT2D eigenvalue weighted by atomic mass is 35.5. The quantitative estimate of drug-likeness (QED) is 0.782. The van der Waals surface area contributed by atoms with Gasteiger partial charge >= 0.3 is 0 Å². The van der Waals surface area contributed by atoms with Gasteiger partial charge in [-0.15, -0.1) is 23.2 Å². The topological polar surface area (TPSA) is 24.9 Å². The molecule has 0 radical (unpaired) electrons. The van der Waals surface area contributed by atoms with Crippen LogP contribution >= 0.6 is 23.2 Å². The van der Waals surface area contributed by atoms with E-state index in [1.807, 2.05) is 18.3 Å². The van der Waals surface area contributed by atoms with E-state index >= 15 is 0 Å². The lowest BCUT2D eigenvalue weighted by Crippen LogP contribution is -2.47. The van der Waals surface area contributed by atoms with Crippen molar-refractivity contribution in [1.29, 1.82) is 0 Å². The van der Waals surface area contributed by atoms with Gasteiger partial charge in [0.15, 0.2) is 0 Å². The Hall–Kier alpha value is -0.310. The molecule has 1 heterocycles. The highest BCUT2D eigenvalue weighted by Crippen LogP contribution is 2.15. The Balaban J connectivity index is 2.54. The second-order valence-corrected chi connectivity index (χ2v) is 4.15. The van der Waals surface area contributed by atoms with E-state index in [0.29, 0.717) is 11.8 Å². The van der Waals surface area contributed by atoms with Gasteiger partial charge in [0.2, 0.25) is 0 Å². The Morgan fingerprint density at radius 2 is 2.13 bits per heavy atom. The van der Waals surface area contributed by atoms with E-state index in [2.05, 4.69) is 17.2 Å². The van der Waals surface area contributed by atoms with Crippen molar-refractivity contribution in [3.63, 3.8) is 0 Å². The van der Waals surface area contributed by atoms with Crippen LogP contribution in [-0.2, 0) is 6.54 Å². The summed E-state index contributed by atoms with van der Waals surface area (Å²) in [5, 5.41) is 3.39. The fourth-order valence-corrected chi connectivity index (χ4v) is 2.09. The predicted octanol–water partition coefficient (Wildman–Crippen LogP) is 2.80. The molecule has 0 aliphatic heterocycles. The minimum absolute atomic E-state index is 0.168. The first-order valence-corrected chi connectivity index (χ1v) is 6.09. The van der Waals surface area contributed by atoms with E-state index < -0.39 is 0 Å². The zero-order valence-electron chi connectivity index (χ0n) is 8.84. The number of nitrogens with zero attached hydrogens (tertiary/aromatic N) is 1. The fraction of sp³-hybridized carbons (Fsp3) is 0.545. The average molecular weight is 247 g/mol. The maximum absolute atomic E-state index is 5.93. The Kier molecular flexibility index (Phi) is 5.37. The van der Waals surface area contributed by atoms with E-state index in [1.54, 1.807) is 6.20 Å². The van der Waals surface area contributed by atoms with Crippen LogP contribution < -0.4 is 5.32 Å². The molecule has 0 aliphatic rings. The van der Waals surface area contributed by atoms with Crippen molar-refractivity contribution in [2.75, 3.05) is 11.8 Å². The molecule has 1 aromatic rings. The summed E-state index contributed by atoms with van der Waals surface area (Å²) in [5.74, 6) is 1.04. The van der Waals surface area contributed by atoms with Crippen molar-refractivity contribution < 1.29 is 0 Å². The number of nitrogens with one attached hydrogen (secondary N) is 1. The molecule has 84 valence electrons. The predicted molar refractivity (Wildman–Crippen MR) is 65.5 cm³/mol. The zero-order valence-corrected chi connectivity index (χ0v) is 10.4. The lowest BCUT2D eigenvalue weighted by molar-refractivity contribution is 0.384. The number of hydrogen-bond donors (Lipinski definition) is 1. The Labute approximate surface area is 101 Å². The SMILES string of the molecule is CCC(CCl)(CCl)NCc1cccnc1. The van der Waals surface area contributed by atoms with Gasteiger partial charge < -0.3 is 5.32 Å². The zero-order chi connectivity index (χ0) is 11.1. The third-order valence-corrected chi connectivity index (χ3v) is 3.60. The Bertz CT molecular complexity index is 265. The molecule has 0 saturated heterocycles. The summed E-state index contributed by atoms with van der Waals surface area (Å²) in [4.78, 5) is 4.06. The molecule has 0 fully saturated rings. The average Bonchev–Trinajstić information content (AvgIpc) is 2.33. The van der Waals surface area contributed by atoms with E-state index in [-0.39, 0.29) is 5.54 Å². The van der Waals surface area contributed by atoms with Crippen LogP contribution in [0.15, 0.2) is 24.5 Å². The molecule has 1 aromatic heterocycles. The van der Waals surface area contributed by atoms with Crippen molar-refractivity contribution in [2.24, 2.45) is 0 Å². The molecule has 0 aromatic carbocycles. The normalized spacial score (nSPS) is 11.7. The van der Waals surface area contributed by atoms with Crippen LogP contribution in [0.5, 0.6) is 0 Å². The molecule has 0 unspecified atom stereocenters. The maximum Gasteiger partial charge on any atom is 0.0453 e. The number of halogens is 2. The second-order valence-electron chi connectivity index (χ2n) is 3.62. The molecule has 2 nitrogen and oxygen atoms in total. The van der Waals surface area contributed by atoms with Crippen LogP contribution in [-0.4, -0.2) is 22.3 Å². The fourth-order valence-electron chi connectivity index (χ4n) is 1.24. The van der Waals surface area contributed by atoms with Crippen molar-refractivity contribution in [3.8, 4) is 0 Å². The lowest BCUT2D eigenvalue weighted by atomic mass is 10.0. The van der Waals surface area contributed by atoms with E-state index in [9.17, 15) is 0 Å². The molecule has 0 saturated carbocycles. The monoisotopic (exact) mass is 246 g/mol. The van der Waals surface area contributed by atoms with Crippen LogP contribution in [0.25, 0.3) is 0 Å². The van der Waals surface area contributed by atoms with E-state index in [4.69, 9.17) is 23.2 Å². The molecule has 0 aliphatic carbocycles. The highest BCUT2D eigenvalue weighted by molar-refractivity contribution is 6.22. The molecule has 4 heteroatoms. The number of alkyl halides is 2. The van der Waals surface area contributed by atoms with Gasteiger partial charge in [-0.05, 0) is 18.1 Å². The number of pyridine rings is 1. The molecular weight excluding hydrogens is 231 g/mol. The number of aromatic nitrogens is 1. The first-order chi connectivity index (χ1) is 7.26.